The van der Waals surface area contributed by atoms with Gasteiger partial charge in [0, 0.05) is 0 Å². The molecule has 0 aliphatic carbocycles. The van der Waals surface area contributed by atoms with Crippen molar-refractivity contribution in [3.8, 4) is 11.1 Å². The van der Waals surface area contributed by atoms with Crippen LogP contribution < -0.4 is 0 Å². The lowest BCUT2D eigenvalue weighted by Crippen LogP contribution is -1.92. The summed E-state index contributed by atoms with van der Waals surface area (Å²) in [7, 11) is 0. The predicted molar refractivity (Wildman–Crippen MR) is 73.2 cm³/mol. The highest BCUT2D eigenvalue weighted by Gasteiger charge is 2.04. The second-order valence-corrected chi connectivity index (χ2v) is 4.73. The molecule has 0 aromatic heterocycles. The van der Waals surface area contributed by atoms with Crippen LogP contribution >= 0.6 is 0 Å². The Morgan fingerprint density at radius 2 is 1.11 bits per heavy atom. The Balaban J connectivity index is 2.55. The lowest BCUT2D eigenvalue weighted by atomic mass is 9.97. The first-order valence-corrected chi connectivity index (χ1v) is 6.05. The molecule has 0 aliphatic rings. The molecule has 0 heterocycles. The van der Waals surface area contributed by atoms with Crippen LogP contribution in [-0.4, -0.2) is 10.2 Å². The molecule has 0 aliphatic heterocycles. The summed E-state index contributed by atoms with van der Waals surface area (Å²) in [6, 6.07) is 12.1. The molecule has 0 bridgehead atoms. The molecular formula is C16H18O2. The van der Waals surface area contributed by atoms with Crippen molar-refractivity contribution in [1.82, 2.24) is 0 Å². The summed E-state index contributed by atoms with van der Waals surface area (Å²) in [5.41, 5.74) is 6.25. The lowest BCUT2D eigenvalue weighted by Gasteiger charge is -2.09. The SMILES string of the molecule is Cc1cc(C)cc(-c2cc(CO)cc(CO)c2)c1. The smallest absolute Gasteiger partial charge is 0.0682 e. The van der Waals surface area contributed by atoms with Gasteiger partial charge in [-0.15, -0.1) is 0 Å². The van der Waals surface area contributed by atoms with E-state index in [2.05, 4.69) is 32.0 Å². The molecule has 0 fully saturated rings. The maximum atomic E-state index is 9.26. The minimum absolute atomic E-state index is 0.00830. The van der Waals surface area contributed by atoms with Crippen LogP contribution in [0.15, 0.2) is 36.4 Å². The van der Waals surface area contributed by atoms with E-state index in [1.807, 2.05) is 18.2 Å². The average Bonchev–Trinajstić information content (AvgIpc) is 2.37. The van der Waals surface area contributed by atoms with Crippen LogP contribution in [0, 0.1) is 13.8 Å². The van der Waals surface area contributed by atoms with Crippen molar-refractivity contribution in [3.05, 3.63) is 58.7 Å². The van der Waals surface area contributed by atoms with Gasteiger partial charge in [-0.25, -0.2) is 0 Å². The van der Waals surface area contributed by atoms with E-state index in [-0.39, 0.29) is 13.2 Å². The molecule has 0 saturated carbocycles. The van der Waals surface area contributed by atoms with Crippen molar-refractivity contribution in [3.63, 3.8) is 0 Å². The van der Waals surface area contributed by atoms with Crippen LogP contribution in [0.1, 0.15) is 22.3 Å². The average molecular weight is 242 g/mol. The van der Waals surface area contributed by atoms with Crippen LogP contribution in [0.3, 0.4) is 0 Å². The van der Waals surface area contributed by atoms with Crippen molar-refractivity contribution < 1.29 is 10.2 Å². The molecule has 18 heavy (non-hydrogen) atoms. The van der Waals surface area contributed by atoms with Crippen LogP contribution in [0.4, 0.5) is 0 Å². The minimum atomic E-state index is -0.00830. The van der Waals surface area contributed by atoms with Crippen molar-refractivity contribution in [2.75, 3.05) is 0 Å². The van der Waals surface area contributed by atoms with E-state index in [0.717, 1.165) is 22.3 Å². The summed E-state index contributed by atoms with van der Waals surface area (Å²) in [5.74, 6) is 0. The van der Waals surface area contributed by atoms with Gasteiger partial charge in [-0.2, -0.15) is 0 Å². The van der Waals surface area contributed by atoms with Gasteiger partial charge < -0.3 is 10.2 Å². The Kier molecular flexibility index (Phi) is 3.80. The second-order valence-electron chi connectivity index (χ2n) is 4.73. The van der Waals surface area contributed by atoms with Crippen LogP contribution in [0.2, 0.25) is 0 Å². The minimum Gasteiger partial charge on any atom is -0.392 e. The Morgan fingerprint density at radius 1 is 0.667 bits per heavy atom. The van der Waals surface area contributed by atoms with Gasteiger partial charge in [0.1, 0.15) is 0 Å². The Morgan fingerprint density at radius 3 is 1.56 bits per heavy atom. The standard InChI is InChI=1S/C16H18O2/c1-11-3-12(2)5-15(4-11)16-7-13(9-17)6-14(8-16)10-18/h3-8,17-18H,9-10H2,1-2H3. The third-order valence-corrected chi connectivity index (χ3v) is 2.97. The number of aryl methyl sites for hydroxylation is 2. The largest absolute Gasteiger partial charge is 0.392 e. The van der Waals surface area contributed by atoms with Gasteiger partial charge in [0.25, 0.3) is 0 Å². The van der Waals surface area contributed by atoms with E-state index in [9.17, 15) is 10.2 Å². The maximum Gasteiger partial charge on any atom is 0.0682 e. The number of rotatable bonds is 3. The molecule has 2 nitrogen and oxygen atoms in total. The molecule has 2 aromatic rings. The zero-order valence-corrected chi connectivity index (χ0v) is 10.8. The first kappa shape index (κ1) is 12.8. The zero-order chi connectivity index (χ0) is 13.1. The third kappa shape index (κ3) is 2.78. The Labute approximate surface area is 108 Å². The van der Waals surface area contributed by atoms with Crippen LogP contribution in [-0.2, 0) is 13.2 Å². The summed E-state index contributed by atoms with van der Waals surface area (Å²) in [6.45, 7) is 4.12. The summed E-state index contributed by atoms with van der Waals surface area (Å²) in [6.07, 6.45) is 0. The fourth-order valence-corrected chi connectivity index (χ4v) is 2.25. The van der Waals surface area contributed by atoms with Crippen molar-refractivity contribution in [2.24, 2.45) is 0 Å². The molecule has 2 heteroatoms. The molecule has 0 saturated heterocycles. The fraction of sp³-hybridized carbons (Fsp3) is 0.250. The Bertz CT molecular complexity index is 517. The summed E-state index contributed by atoms with van der Waals surface area (Å²) < 4.78 is 0. The van der Waals surface area contributed by atoms with Gasteiger partial charge >= 0.3 is 0 Å². The quantitative estimate of drug-likeness (QED) is 0.868. The fourth-order valence-electron chi connectivity index (χ4n) is 2.25. The molecule has 2 N–H and O–H groups in total. The van der Waals surface area contributed by atoms with Gasteiger partial charge in [0.05, 0.1) is 13.2 Å². The van der Waals surface area contributed by atoms with Crippen molar-refractivity contribution in [2.45, 2.75) is 27.1 Å². The summed E-state index contributed by atoms with van der Waals surface area (Å²) in [5, 5.41) is 18.5. The summed E-state index contributed by atoms with van der Waals surface area (Å²) >= 11 is 0. The van der Waals surface area contributed by atoms with Gasteiger partial charge in [-0.1, -0.05) is 35.4 Å². The first-order valence-electron chi connectivity index (χ1n) is 6.05. The number of benzene rings is 2. The molecule has 94 valence electrons. The lowest BCUT2D eigenvalue weighted by molar-refractivity contribution is 0.275. The first-order chi connectivity index (χ1) is 8.62. The van der Waals surface area contributed by atoms with E-state index in [1.54, 1.807) is 0 Å². The van der Waals surface area contributed by atoms with Crippen LogP contribution in [0.25, 0.3) is 11.1 Å². The van der Waals surface area contributed by atoms with Crippen LogP contribution in [0.5, 0.6) is 0 Å². The van der Waals surface area contributed by atoms with Crippen molar-refractivity contribution >= 4 is 0 Å². The molecule has 0 spiro atoms. The van der Waals surface area contributed by atoms with E-state index in [0.29, 0.717) is 0 Å². The van der Waals surface area contributed by atoms with E-state index < -0.39 is 0 Å². The normalized spacial score (nSPS) is 10.7. The predicted octanol–water partition coefficient (Wildman–Crippen LogP) is 2.96. The Hall–Kier alpha value is -1.64. The number of aliphatic hydroxyl groups is 2. The number of hydrogen-bond donors (Lipinski definition) is 2. The highest BCUT2D eigenvalue weighted by Crippen LogP contribution is 2.25. The maximum absolute atomic E-state index is 9.26. The number of aliphatic hydroxyl groups excluding tert-OH is 2. The third-order valence-electron chi connectivity index (χ3n) is 2.97. The molecule has 0 amide bonds. The highest BCUT2D eigenvalue weighted by molar-refractivity contribution is 5.66. The van der Waals surface area contributed by atoms with E-state index >= 15 is 0 Å². The zero-order valence-electron chi connectivity index (χ0n) is 10.8. The van der Waals surface area contributed by atoms with E-state index in [1.165, 1.54) is 11.1 Å². The number of hydrogen-bond acceptors (Lipinski definition) is 2. The van der Waals surface area contributed by atoms with Gasteiger partial charge in [0.15, 0.2) is 0 Å². The molecule has 0 atom stereocenters. The van der Waals surface area contributed by atoms with Gasteiger partial charge in [-0.05, 0) is 48.2 Å². The molecule has 2 aromatic carbocycles. The molecule has 2 rings (SSSR count). The highest BCUT2D eigenvalue weighted by atomic mass is 16.3. The second kappa shape index (κ2) is 5.34. The topological polar surface area (TPSA) is 40.5 Å². The van der Waals surface area contributed by atoms with Crippen molar-refractivity contribution in [1.29, 1.82) is 0 Å². The van der Waals surface area contributed by atoms with E-state index in [4.69, 9.17) is 0 Å². The molecule has 0 unspecified atom stereocenters. The van der Waals surface area contributed by atoms with Gasteiger partial charge in [0.2, 0.25) is 0 Å². The summed E-state index contributed by atoms with van der Waals surface area (Å²) in [4.78, 5) is 0. The molecular weight excluding hydrogens is 224 g/mol. The van der Waals surface area contributed by atoms with Gasteiger partial charge in [-0.3, -0.25) is 0 Å². The molecule has 0 radical (unpaired) electrons. The monoisotopic (exact) mass is 242 g/mol.